The zero-order valence-corrected chi connectivity index (χ0v) is 16.2. The topological polar surface area (TPSA) is 76.1 Å². The van der Waals surface area contributed by atoms with Crippen LogP contribution in [0.25, 0.3) is 0 Å². The predicted molar refractivity (Wildman–Crippen MR) is 110 cm³/mol. The molecule has 2 N–H and O–H groups in total. The van der Waals surface area contributed by atoms with Gasteiger partial charge in [-0.3, -0.25) is 4.79 Å². The molecule has 3 rings (SSSR count). The van der Waals surface area contributed by atoms with Crippen LogP contribution < -0.4 is 15.4 Å². The van der Waals surface area contributed by atoms with Gasteiger partial charge in [-0.25, -0.2) is 0 Å². The molecule has 6 heteroatoms. The van der Waals surface area contributed by atoms with Crippen LogP contribution in [0.4, 0.5) is 11.5 Å². The predicted octanol–water partition coefficient (Wildman–Crippen LogP) is 4.50. The van der Waals surface area contributed by atoms with Crippen molar-refractivity contribution < 1.29 is 9.53 Å². The molecule has 1 aromatic heterocycles. The van der Waals surface area contributed by atoms with Gasteiger partial charge in [0.25, 0.3) is 5.91 Å². The summed E-state index contributed by atoms with van der Waals surface area (Å²) in [6.45, 7) is 5.88. The Morgan fingerprint density at radius 1 is 0.893 bits per heavy atom. The monoisotopic (exact) mass is 376 g/mol. The van der Waals surface area contributed by atoms with E-state index < -0.39 is 0 Å². The van der Waals surface area contributed by atoms with Crippen LogP contribution in [-0.2, 0) is 0 Å². The third kappa shape index (κ3) is 5.07. The Bertz CT molecular complexity index is 911. The van der Waals surface area contributed by atoms with Crippen molar-refractivity contribution in [2.24, 2.45) is 0 Å². The molecule has 2 aromatic carbocycles. The van der Waals surface area contributed by atoms with Gasteiger partial charge in [-0.15, -0.1) is 10.2 Å². The fourth-order valence-corrected chi connectivity index (χ4v) is 2.68. The van der Waals surface area contributed by atoms with Crippen molar-refractivity contribution in [3.8, 4) is 5.75 Å². The molecule has 0 radical (unpaired) electrons. The fraction of sp³-hybridized carbons (Fsp3) is 0.227. The number of amides is 1. The van der Waals surface area contributed by atoms with Crippen LogP contribution in [0.1, 0.15) is 42.9 Å². The number of ether oxygens (including phenoxy) is 1. The number of benzene rings is 2. The highest BCUT2D eigenvalue weighted by molar-refractivity contribution is 5.92. The summed E-state index contributed by atoms with van der Waals surface area (Å²) in [7, 11) is 0. The molecule has 28 heavy (non-hydrogen) atoms. The summed E-state index contributed by atoms with van der Waals surface area (Å²) in [6, 6.07) is 20.7. The number of carbonyl (C=O) groups is 1. The minimum absolute atomic E-state index is 0.0618. The maximum Gasteiger partial charge on any atom is 0.272 e. The number of hydrogen-bond donors (Lipinski definition) is 2. The second-order valence-electron chi connectivity index (χ2n) is 6.70. The average Bonchev–Trinajstić information content (AvgIpc) is 2.70. The lowest BCUT2D eigenvalue weighted by molar-refractivity contribution is 0.0934. The van der Waals surface area contributed by atoms with E-state index in [0.29, 0.717) is 5.82 Å². The first-order chi connectivity index (χ1) is 13.5. The van der Waals surface area contributed by atoms with Crippen molar-refractivity contribution >= 4 is 17.4 Å². The van der Waals surface area contributed by atoms with Gasteiger partial charge in [0.1, 0.15) is 5.75 Å². The summed E-state index contributed by atoms with van der Waals surface area (Å²) in [4.78, 5) is 12.4. The molecule has 0 saturated carbocycles. The summed E-state index contributed by atoms with van der Waals surface area (Å²) in [6.07, 6.45) is 0.0618. The summed E-state index contributed by atoms with van der Waals surface area (Å²) < 4.78 is 5.79. The van der Waals surface area contributed by atoms with Crippen molar-refractivity contribution in [2.75, 3.05) is 5.32 Å². The third-order valence-electron chi connectivity index (χ3n) is 4.06. The molecule has 1 heterocycles. The van der Waals surface area contributed by atoms with E-state index in [1.54, 1.807) is 12.1 Å². The molecule has 0 saturated heterocycles. The van der Waals surface area contributed by atoms with Gasteiger partial charge in [0, 0.05) is 0 Å². The maximum atomic E-state index is 12.4. The van der Waals surface area contributed by atoms with Gasteiger partial charge >= 0.3 is 0 Å². The molecule has 6 nitrogen and oxygen atoms in total. The van der Waals surface area contributed by atoms with Gasteiger partial charge in [0.05, 0.1) is 17.8 Å². The third-order valence-corrected chi connectivity index (χ3v) is 4.06. The number of carbonyl (C=O) groups excluding carboxylic acids is 1. The second kappa shape index (κ2) is 8.99. The van der Waals surface area contributed by atoms with E-state index in [-0.39, 0.29) is 23.7 Å². The minimum Gasteiger partial charge on any atom is -0.489 e. The number of para-hydroxylation sites is 2. The normalized spacial score (nSPS) is 11.7. The second-order valence-corrected chi connectivity index (χ2v) is 6.70. The molecule has 0 aliphatic rings. The molecule has 0 aliphatic carbocycles. The smallest absolute Gasteiger partial charge is 0.272 e. The van der Waals surface area contributed by atoms with Crippen LogP contribution in [0.2, 0.25) is 0 Å². The molecule has 0 fully saturated rings. The van der Waals surface area contributed by atoms with E-state index in [9.17, 15) is 4.79 Å². The standard InChI is InChI=1S/C22H24N4O2/c1-15(2)28-20-12-8-7-11-18(20)24-21-14-13-19(25-26-21)22(27)23-16(3)17-9-5-4-6-10-17/h4-16H,1-3H3,(H,23,27)(H,24,26). The van der Waals surface area contributed by atoms with E-state index in [2.05, 4.69) is 20.8 Å². The van der Waals surface area contributed by atoms with Crippen molar-refractivity contribution in [1.29, 1.82) is 0 Å². The maximum absolute atomic E-state index is 12.4. The quantitative estimate of drug-likeness (QED) is 0.635. The summed E-state index contributed by atoms with van der Waals surface area (Å²) >= 11 is 0. The van der Waals surface area contributed by atoms with E-state index in [1.807, 2.05) is 75.4 Å². The van der Waals surface area contributed by atoms with Gasteiger partial charge in [0.15, 0.2) is 11.5 Å². The average molecular weight is 376 g/mol. The number of anilines is 2. The van der Waals surface area contributed by atoms with E-state index in [1.165, 1.54) is 0 Å². The molecule has 0 spiro atoms. The van der Waals surface area contributed by atoms with Crippen LogP contribution in [0, 0.1) is 0 Å². The lowest BCUT2D eigenvalue weighted by atomic mass is 10.1. The number of hydrogen-bond acceptors (Lipinski definition) is 5. The highest BCUT2D eigenvalue weighted by Crippen LogP contribution is 2.27. The number of nitrogens with one attached hydrogen (secondary N) is 2. The van der Waals surface area contributed by atoms with Gasteiger partial charge in [-0.2, -0.15) is 0 Å². The van der Waals surface area contributed by atoms with E-state index in [0.717, 1.165) is 17.0 Å². The first-order valence-corrected chi connectivity index (χ1v) is 9.25. The fourth-order valence-electron chi connectivity index (χ4n) is 2.68. The Labute approximate surface area is 165 Å². The Balaban J connectivity index is 1.66. The summed E-state index contributed by atoms with van der Waals surface area (Å²) in [5, 5.41) is 14.3. The zero-order chi connectivity index (χ0) is 19.9. The van der Waals surface area contributed by atoms with Gasteiger partial charge in [-0.1, -0.05) is 42.5 Å². The van der Waals surface area contributed by atoms with Crippen molar-refractivity contribution in [3.63, 3.8) is 0 Å². The molecule has 1 atom stereocenters. The SMILES string of the molecule is CC(C)Oc1ccccc1Nc1ccc(C(=O)NC(C)c2ccccc2)nn1. The molecule has 0 bridgehead atoms. The van der Waals surface area contributed by atoms with Gasteiger partial charge in [-0.05, 0) is 50.6 Å². The van der Waals surface area contributed by atoms with Crippen LogP contribution in [-0.4, -0.2) is 22.2 Å². The Hall–Kier alpha value is -3.41. The highest BCUT2D eigenvalue weighted by atomic mass is 16.5. The Morgan fingerprint density at radius 3 is 2.29 bits per heavy atom. The van der Waals surface area contributed by atoms with Crippen molar-refractivity contribution in [2.45, 2.75) is 32.9 Å². The summed E-state index contributed by atoms with van der Waals surface area (Å²) in [5.74, 6) is 1.00. The van der Waals surface area contributed by atoms with E-state index in [4.69, 9.17) is 4.74 Å². The summed E-state index contributed by atoms with van der Waals surface area (Å²) in [5.41, 5.74) is 2.09. The highest BCUT2D eigenvalue weighted by Gasteiger charge is 2.13. The van der Waals surface area contributed by atoms with Crippen molar-refractivity contribution in [1.82, 2.24) is 15.5 Å². The first-order valence-electron chi connectivity index (χ1n) is 9.25. The lowest BCUT2D eigenvalue weighted by Crippen LogP contribution is -2.27. The van der Waals surface area contributed by atoms with Crippen LogP contribution >= 0.6 is 0 Å². The minimum atomic E-state index is -0.265. The molecule has 0 aliphatic heterocycles. The first kappa shape index (κ1) is 19.4. The zero-order valence-electron chi connectivity index (χ0n) is 16.2. The Kier molecular flexibility index (Phi) is 6.22. The van der Waals surface area contributed by atoms with Crippen LogP contribution in [0.15, 0.2) is 66.7 Å². The molecule has 3 aromatic rings. The number of nitrogens with zero attached hydrogens (tertiary/aromatic N) is 2. The largest absolute Gasteiger partial charge is 0.489 e. The lowest BCUT2D eigenvalue weighted by Gasteiger charge is -2.15. The van der Waals surface area contributed by atoms with E-state index >= 15 is 0 Å². The number of aromatic nitrogens is 2. The molecule has 144 valence electrons. The molecule has 1 unspecified atom stereocenters. The molecule has 1 amide bonds. The molecular weight excluding hydrogens is 352 g/mol. The molecular formula is C22H24N4O2. The van der Waals surface area contributed by atoms with Crippen LogP contribution in [0.3, 0.4) is 0 Å². The number of rotatable bonds is 7. The Morgan fingerprint density at radius 2 is 1.61 bits per heavy atom. The van der Waals surface area contributed by atoms with Crippen molar-refractivity contribution in [3.05, 3.63) is 78.0 Å². The van der Waals surface area contributed by atoms with Crippen LogP contribution in [0.5, 0.6) is 5.75 Å². The van der Waals surface area contributed by atoms with Gasteiger partial charge in [0.2, 0.25) is 0 Å². The van der Waals surface area contributed by atoms with Gasteiger partial charge < -0.3 is 15.4 Å².